The maximum Gasteiger partial charge on any atom is 0.226 e. The van der Waals surface area contributed by atoms with Crippen LogP contribution in [0.25, 0.3) is 11.2 Å². The number of nitrogens with zero attached hydrogens (tertiary/aromatic N) is 3. The minimum atomic E-state index is 0.481. The zero-order valence-electron chi connectivity index (χ0n) is 11.6. The van der Waals surface area contributed by atoms with Gasteiger partial charge >= 0.3 is 0 Å². The Bertz CT molecular complexity index is 563. The van der Waals surface area contributed by atoms with Crippen molar-refractivity contribution in [1.82, 2.24) is 19.9 Å². The zero-order valence-corrected chi connectivity index (χ0v) is 12.5. The summed E-state index contributed by atoms with van der Waals surface area (Å²) in [5.41, 5.74) is 1.60. The number of aromatic nitrogens is 4. The molecule has 20 heavy (non-hydrogen) atoms. The van der Waals surface area contributed by atoms with Gasteiger partial charge < -0.3 is 15.6 Å². The first kappa shape index (κ1) is 13.5. The van der Waals surface area contributed by atoms with Crippen LogP contribution in [0.4, 0.5) is 11.8 Å². The van der Waals surface area contributed by atoms with Crippen LogP contribution in [0, 0.1) is 0 Å². The molecule has 0 aliphatic carbocycles. The molecule has 3 rings (SSSR count). The summed E-state index contributed by atoms with van der Waals surface area (Å²) in [6, 6.07) is 0.481. The van der Waals surface area contributed by atoms with Gasteiger partial charge in [-0.1, -0.05) is 6.92 Å². The number of thioether (sulfide) groups is 1. The van der Waals surface area contributed by atoms with Gasteiger partial charge in [0.1, 0.15) is 5.52 Å². The largest absolute Gasteiger partial charge is 0.365 e. The third-order valence-electron chi connectivity index (χ3n) is 3.32. The van der Waals surface area contributed by atoms with Crippen LogP contribution in [0.15, 0.2) is 6.33 Å². The van der Waals surface area contributed by atoms with E-state index in [-0.39, 0.29) is 0 Å². The summed E-state index contributed by atoms with van der Waals surface area (Å²) in [5.74, 6) is 3.92. The SMILES string of the molecule is CCCNc1nc(NC2CCCSC2)c2[nH]cnc2n1. The number of hydrogen-bond acceptors (Lipinski definition) is 6. The van der Waals surface area contributed by atoms with Gasteiger partial charge in [-0.3, -0.25) is 0 Å². The first-order chi connectivity index (χ1) is 9.86. The highest BCUT2D eigenvalue weighted by Gasteiger charge is 2.17. The molecule has 1 saturated heterocycles. The van der Waals surface area contributed by atoms with E-state index in [9.17, 15) is 0 Å². The van der Waals surface area contributed by atoms with Crippen LogP contribution in [0.2, 0.25) is 0 Å². The van der Waals surface area contributed by atoms with Crippen molar-refractivity contribution in [1.29, 1.82) is 0 Å². The lowest BCUT2D eigenvalue weighted by Gasteiger charge is -2.23. The maximum atomic E-state index is 4.59. The van der Waals surface area contributed by atoms with Crippen molar-refractivity contribution in [2.24, 2.45) is 0 Å². The standard InChI is InChI=1S/C13H20N6S/c1-2-5-14-13-18-11-10(15-8-16-11)12(19-13)17-9-4-3-6-20-7-9/h8-9H,2-7H2,1H3,(H3,14,15,16,17,18,19). The smallest absolute Gasteiger partial charge is 0.226 e. The molecule has 3 N–H and O–H groups in total. The van der Waals surface area contributed by atoms with E-state index in [0.717, 1.165) is 30.1 Å². The van der Waals surface area contributed by atoms with Crippen molar-refractivity contribution < 1.29 is 0 Å². The van der Waals surface area contributed by atoms with Gasteiger partial charge in [0, 0.05) is 18.3 Å². The van der Waals surface area contributed by atoms with Crippen LogP contribution in [-0.4, -0.2) is 44.0 Å². The minimum Gasteiger partial charge on any atom is -0.365 e. The van der Waals surface area contributed by atoms with E-state index in [2.05, 4.69) is 37.5 Å². The van der Waals surface area contributed by atoms with Crippen LogP contribution in [0.5, 0.6) is 0 Å². The molecule has 108 valence electrons. The van der Waals surface area contributed by atoms with Gasteiger partial charge in [-0.25, -0.2) is 4.98 Å². The second kappa shape index (κ2) is 6.30. The molecular formula is C13H20N6S. The number of nitrogens with one attached hydrogen (secondary N) is 3. The Morgan fingerprint density at radius 3 is 3.20 bits per heavy atom. The fraction of sp³-hybridized carbons (Fsp3) is 0.615. The second-order valence-electron chi connectivity index (χ2n) is 4.98. The molecule has 0 spiro atoms. The molecule has 0 amide bonds. The number of aromatic amines is 1. The van der Waals surface area contributed by atoms with Crippen LogP contribution >= 0.6 is 11.8 Å². The molecule has 2 aromatic rings. The van der Waals surface area contributed by atoms with Crippen LogP contribution in [-0.2, 0) is 0 Å². The molecule has 0 radical (unpaired) electrons. The Morgan fingerprint density at radius 1 is 1.45 bits per heavy atom. The van der Waals surface area contributed by atoms with Crippen molar-refractivity contribution in [3.05, 3.63) is 6.33 Å². The lowest BCUT2D eigenvalue weighted by atomic mass is 10.2. The summed E-state index contributed by atoms with van der Waals surface area (Å²) in [6.45, 7) is 2.99. The van der Waals surface area contributed by atoms with E-state index in [4.69, 9.17) is 0 Å². The van der Waals surface area contributed by atoms with Crippen LogP contribution in [0.3, 0.4) is 0 Å². The zero-order chi connectivity index (χ0) is 13.8. The Kier molecular flexibility index (Phi) is 4.25. The topological polar surface area (TPSA) is 78.5 Å². The molecule has 6 nitrogen and oxygen atoms in total. The van der Waals surface area contributed by atoms with E-state index in [0.29, 0.717) is 17.6 Å². The molecule has 0 bridgehead atoms. The number of anilines is 2. The molecule has 1 aliphatic rings. The lowest BCUT2D eigenvalue weighted by molar-refractivity contribution is 0.683. The number of hydrogen-bond donors (Lipinski definition) is 3. The van der Waals surface area contributed by atoms with Crippen LogP contribution < -0.4 is 10.6 Å². The molecule has 0 aromatic carbocycles. The molecule has 1 unspecified atom stereocenters. The predicted molar refractivity (Wildman–Crippen MR) is 84.4 cm³/mol. The second-order valence-corrected chi connectivity index (χ2v) is 6.13. The van der Waals surface area contributed by atoms with E-state index >= 15 is 0 Å². The summed E-state index contributed by atoms with van der Waals surface area (Å²) in [6.07, 6.45) is 5.18. The molecular weight excluding hydrogens is 272 g/mol. The highest BCUT2D eigenvalue weighted by atomic mass is 32.2. The highest BCUT2D eigenvalue weighted by Crippen LogP contribution is 2.24. The van der Waals surface area contributed by atoms with Gasteiger partial charge in [-0.2, -0.15) is 21.7 Å². The van der Waals surface area contributed by atoms with E-state index < -0.39 is 0 Å². The van der Waals surface area contributed by atoms with E-state index in [1.807, 2.05) is 11.8 Å². The monoisotopic (exact) mass is 292 g/mol. The molecule has 3 heterocycles. The summed E-state index contributed by atoms with van der Waals surface area (Å²) < 4.78 is 0. The first-order valence-electron chi connectivity index (χ1n) is 7.16. The van der Waals surface area contributed by atoms with Gasteiger partial charge in [0.25, 0.3) is 0 Å². The van der Waals surface area contributed by atoms with Crippen molar-refractivity contribution >= 4 is 34.7 Å². The average molecular weight is 292 g/mol. The molecule has 7 heteroatoms. The average Bonchev–Trinajstić information content (AvgIpc) is 2.95. The molecule has 1 fully saturated rings. The van der Waals surface area contributed by atoms with E-state index in [1.54, 1.807) is 6.33 Å². The molecule has 0 saturated carbocycles. The van der Waals surface area contributed by atoms with Crippen molar-refractivity contribution in [3.63, 3.8) is 0 Å². The van der Waals surface area contributed by atoms with Gasteiger partial charge in [0.05, 0.1) is 6.33 Å². The molecule has 2 aromatic heterocycles. The Hall–Kier alpha value is -1.50. The lowest BCUT2D eigenvalue weighted by Crippen LogP contribution is -2.26. The molecule has 1 atom stereocenters. The van der Waals surface area contributed by atoms with Gasteiger partial charge in [-0.05, 0) is 25.0 Å². The van der Waals surface area contributed by atoms with E-state index in [1.165, 1.54) is 18.6 Å². The predicted octanol–water partition coefficient (Wildman–Crippen LogP) is 2.48. The summed E-state index contributed by atoms with van der Waals surface area (Å²) in [5, 5.41) is 6.78. The fourth-order valence-corrected chi connectivity index (χ4v) is 3.37. The quantitative estimate of drug-likeness (QED) is 0.786. The Labute approximate surface area is 122 Å². The third-order valence-corrected chi connectivity index (χ3v) is 4.54. The van der Waals surface area contributed by atoms with Gasteiger partial charge in [0.2, 0.25) is 5.95 Å². The Morgan fingerprint density at radius 2 is 2.40 bits per heavy atom. The number of imidazole rings is 1. The van der Waals surface area contributed by atoms with Gasteiger partial charge in [-0.15, -0.1) is 0 Å². The number of H-pyrrole nitrogens is 1. The first-order valence-corrected chi connectivity index (χ1v) is 8.31. The minimum absolute atomic E-state index is 0.481. The van der Waals surface area contributed by atoms with Gasteiger partial charge in [0.15, 0.2) is 11.5 Å². The summed E-state index contributed by atoms with van der Waals surface area (Å²) in [7, 11) is 0. The maximum absolute atomic E-state index is 4.59. The number of rotatable bonds is 5. The summed E-state index contributed by atoms with van der Waals surface area (Å²) >= 11 is 2.00. The fourth-order valence-electron chi connectivity index (χ4n) is 2.30. The summed E-state index contributed by atoms with van der Waals surface area (Å²) in [4.78, 5) is 16.4. The normalized spacial score (nSPS) is 19.1. The van der Waals surface area contributed by atoms with Crippen molar-refractivity contribution in [2.45, 2.75) is 32.2 Å². The highest BCUT2D eigenvalue weighted by molar-refractivity contribution is 7.99. The molecule has 1 aliphatic heterocycles. The van der Waals surface area contributed by atoms with Crippen molar-refractivity contribution in [2.75, 3.05) is 28.7 Å². The number of fused-ring (bicyclic) bond motifs is 1. The van der Waals surface area contributed by atoms with Crippen LogP contribution in [0.1, 0.15) is 26.2 Å². The van der Waals surface area contributed by atoms with Crippen molar-refractivity contribution in [3.8, 4) is 0 Å². The third kappa shape index (κ3) is 2.98. The Balaban J connectivity index is 1.84.